The lowest BCUT2D eigenvalue weighted by Gasteiger charge is -1.99. The van der Waals surface area contributed by atoms with Crippen LogP contribution in [0.1, 0.15) is 23.0 Å². The van der Waals surface area contributed by atoms with Crippen molar-refractivity contribution >= 4 is 16.8 Å². The Morgan fingerprint density at radius 1 is 1.57 bits per heavy atom. The molecule has 76 valence electrons. The molecule has 1 aromatic heterocycles. The number of nitrogens with zero attached hydrogens (tertiary/aromatic N) is 1. The molecule has 0 spiro atoms. The number of pyridine rings is 1. The molecule has 1 rings (SSSR count). The van der Waals surface area contributed by atoms with Crippen LogP contribution in [0.4, 0.5) is 0 Å². The minimum atomic E-state index is -0.999. The van der Waals surface area contributed by atoms with Crippen LogP contribution < -0.4 is 0 Å². The molecule has 0 bridgehead atoms. The molecule has 1 aromatic rings. The van der Waals surface area contributed by atoms with Crippen LogP contribution >= 0.6 is 0 Å². The smallest absolute Gasteiger partial charge is 0.337 e. The van der Waals surface area contributed by atoms with Gasteiger partial charge in [0.05, 0.1) is 17.0 Å². The van der Waals surface area contributed by atoms with Gasteiger partial charge >= 0.3 is 5.97 Å². The van der Waals surface area contributed by atoms with Gasteiger partial charge in [-0.3, -0.25) is 9.19 Å². The summed E-state index contributed by atoms with van der Waals surface area (Å²) in [6.45, 7) is 1.84. The van der Waals surface area contributed by atoms with Crippen LogP contribution in [0.25, 0.3) is 0 Å². The Morgan fingerprint density at radius 3 is 2.71 bits per heavy atom. The minimum Gasteiger partial charge on any atom is -0.478 e. The third kappa shape index (κ3) is 2.92. The number of aromatic carboxylic acids is 1. The summed E-state index contributed by atoms with van der Waals surface area (Å²) in [4.78, 5) is 14.4. The predicted octanol–water partition coefficient (Wildman–Crippen LogP) is 1.05. The summed E-state index contributed by atoms with van der Waals surface area (Å²) in [5.41, 5.74) is 0.811. The van der Waals surface area contributed by atoms with Gasteiger partial charge in [-0.1, -0.05) is 6.92 Å². The maximum Gasteiger partial charge on any atom is 0.337 e. The van der Waals surface area contributed by atoms with Crippen LogP contribution in [0.2, 0.25) is 0 Å². The molecule has 1 N–H and O–H groups in total. The lowest BCUT2D eigenvalue weighted by Crippen LogP contribution is -2.02. The molecule has 1 heterocycles. The van der Waals surface area contributed by atoms with Crippen molar-refractivity contribution in [3.05, 3.63) is 29.6 Å². The lowest BCUT2D eigenvalue weighted by atomic mass is 10.2. The molecule has 0 fully saturated rings. The second kappa shape index (κ2) is 4.85. The molecule has 14 heavy (non-hydrogen) atoms. The summed E-state index contributed by atoms with van der Waals surface area (Å²) < 4.78 is 11.2. The van der Waals surface area contributed by atoms with E-state index in [1.165, 1.54) is 12.3 Å². The average molecular weight is 213 g/mol. The second-order valence-electron chi connectivity index (χ2n) is 2.72. The Morgan fingerprint density at radius 2 is 2.29 bits per heavy atom. The van der Waals surface area contributed by atoms with Crippen molar-refractivity contribution in [2.24, 2.45) is 0 Å². The van der Waals surface area contributed by atoms with Crippen LogP contribution in [0, 0.1) is 0 Å². The second-order valence-corrected chi connectivity index (χ2v) is 4.46. The van der Waals surface area contributed by atoms with Gasteiger partial charge in [0.2, 0.25) is 0 Å². The molecule has 0 saturated carbocycles. The molecule has 0 aliphatic heterocycles. The highest BCUT2D eigenvalue weighted by Crippen LogP contribution is 2.03. The van der Waals surface area contributed by atoms with Crippen molar-refractivity contribution in [2.75, 3.05) is 5.75 Å². The Balaban J connectivity index is 2.73. The molecule has 1 unspecified atom stereocenters. The van der Waals surface area contributed by atoms with E-state index >= 15 is 0 Å². The van der Waals surface area contributed by atoms with Crippen LogP contribution in [0.15, 0.2) is 18.3 Å². The summed E-state index contributed by atoms with van der Waals surface area (Å²) in [6.07, 6.45) is 1.28. The zero-order valence-electron chi connectivity index (χ0n) is 7.77. The van der Waals surface area contributed by atoms with Crippen molar-refractivity contribution in [2.45, 2.75) is 12.7 Å². The van der Waals surface area contributed by atoms with Gasteiger partial charge in [-0.05, 0) is 12.1 Å². The fourth-order valence-corrected chi connectivity index (χ4v) is 1.61. The Bertz CT molecular complexity index is 348. The van der Waals surface area contributed by atoms with Crippen LogP contribution in [0.3, 0.4) is 0 Å². The number of hydrogen-bond donors (Lipinski definition) is 1. The molecular formula is C9H11NO3S. The van der Waals surface area contributed by atoms with E-state index in [2.05, 4.69) is 4.98 Å². The van der Waals surface area contributed by atoms with Gasteiger partial charge in [-0.25, -0.2) is 4.79 Å². The first kappa shape index (κ1) is 10.8. The number of carboxylic acid groups (broad SMARTS) is 1. The predicted molar refractivity (Wildman–Crippen MR) is 53.6 cm³/mol. The van der Waals surface area contributed by atoms with Gasteiger partial charge in [0.15, 0.2) is 0 Å². The van der Waals surface area contributed by atoms with Crippen molar-refractivity contribution in [1.82, 2.24) is 4.98 Å². The summed E-state index contributed by atoms with van der Waals surface area (Å²) in [6, 6.07) is 3.06. The standard InChI is InChI=1S/C9H11NO3S/c1-2-14(13)6-8-4-3-7(5-10-8)9(11)12/h3-5H,2,6H2,1H3,(H,11,12). The molecule has 0 aromatic carbocycles. The van der Waals surface area contributed by atoms with E-state index in [0.717, 1.165) is 0 Å². The first-order chi connectivity index (χ1) is 6.63. The SMILES string of the molecule is CCS(=O)Cc1ccc(C(=O)O)cn1. The van der Waals surface area contributed by atoms with E-state index in [-0.39, 0.29) is 5.56 Å². The maximum absolute atomic E-state index is 11.2. The molecule has 0 amide bonds. The molecule has 0 aliphatic rings. The van der Waals surface area contributed by atoms with Gasteiger partial charge in [0, 0.05) is 22.7 Å². The minimum absolute atomic E-state index is 0.149. The number of carbonyl (C=O) groups is 1. The quantitative estimate of drug-likeness (QED) is 0.811. The van der Waals surface area contributed by atoms with Gasteiger partial charge in [0.25, 0.3) is 0 Å². The summed E-state index contributed by atoms with van der Waals surface area (Å²) in [7, 11) is -0.905. The van der Waals surface area contributed by atoms with E-state index in [4.69, 9.17) is 5.11 Å². The third-order valence-corrected chi connectivity index (χ3v) is 2.96. The zero-order chi connectivity index (χ0) is 10.6. The zero-order valence-corrected chi connectivity index (χ0v) is 8.58. The van der Waals surface area contributed by atoms with Crippen LogP contribution in [-0.2, 0) is 16.6 Å². The molecule has 0 radical (unpaired) electrons. The van der Waals surface area contributed by atoms with E-state index in [1.807, 2.05) is 6.92 Å². The topological polar surface area (TPSA) is 67.3 Å². The lowest BCUT2D eigenvalue weighted by molar-refractivity contribution is 0.0696. The average Bonchev–Trinajstić information content (AvgIpc) is 2.18. The normalized spacial score (nSPS) is 12.4. The van der Waals surface area contributed by atoms with Gasteiger partial charge in [-0.15, -0.1) is 0 Å². The van der Waals surface area contributed by atoms with Crippen molar-refractivity contribution in [3.8, 4) is 0 Å². The molecule has 1 atom stereocenters. The number of hydrogen-bond acceptors (Lipinski definition) is 3. The molecular weight excluding hydrogens is 202 g/mol. The fraction of sp³-hybridized carbons (Fsp3) is 0.333. The molecule has 0 saturated heterocycles. The molecule has 5 heteroatoms. The Labute approximate surface area is 84.4 Å². The van der Waals surface area contributed by atoms with Crippen molar-refractivity contribution in [1.29, 1.82) is 0 Å². The maximum atomic E-state index is 11.2. The molecule has 0 aliphatic carbocycles. The largest absolute Gasteiger partial charge is 0.478 e. The van der Waals surface area contributed by atoms with Gasteiger partial charge in [-0.2, -0.15) is 0 Å². The van der Waals surface area contributed by atoms with E-state index in [1.54, 1.807) is 6.07 Å². The first-order valence-electron chi connectivity index (χ1n) is 4.16. The van der Waals surface area contributed by atoms with Crippen LogP contribution in [0.5, 0.6) is 0 Å². The highest BCUT2D eigenvalue weighted by molar-refractivity contribution is 7.84. The summed E-state index contributed by atoms with van der Waals surface area (Å²) in [5, 5.41) is 8.60. The fourth-order valence-electron chi connectivity index (χ4n) is 0.903. The number of carboxylic acids is 1. The number of aromatic nitrogens is 1. The van der Waals surface area contributed by atoms with Crippen molar-refractivity contribution in [3.63, 3.8) is 0 Å². The third-order valence-electron chi connectivity index (χ3n) is 1.70. The highest BCUT2D eigenvalue weighted by atomic mass is 32.2. The van der Waals surface area contributed by atoms with E-state index in [9.17, 15) is 9.00 Å². The molecule has 4 nitrogen and oxygen atoms in total. The Kier molecular flexibility index (Phi) is 3.76. The van der Waals surface area contributed by atoms with E-state index in [0.29, 0.717) is 17.2 Å². The monoisotopic (exact) mass is 213 g/mol. The summed E-state index contributed by atoms with van der Waals surface area (Å²) >= 11 is 0. The van der Waals surface area contributed by atoms with Crippen molar-refractivity contribution < 1.29 is 14.1 Å². The van der Waals surface area contributed by atoms with E-state index < -0.39 is 16.8 Å². The summed E-state index contributed by atoms with van der Waals surface area (Å²) in [5.74, 6) is -0.0284. The van der Waals surface area contributed by atoms with Crippen LogP contribution in [-0.4, -0.2) is 26.0 Å². The Hall–Kier alpha value is -1.23. The number of rotatable bonds is 4. The van der Waals surface area contributed by atoms with Gasteiger partial charge < -0.3 is 5.11 Å². The van der Waals surface area contributed by atoms with Gasteiger partial charge in [0.1, 0.15) is 0 Å². The first-order valence-corrected chi connectivity index (χ1v) is 5.65. The highest BCUT2D eigenvalue weighted by Gasteiger charge is 2.04.